The van der Waals surface area contributed by atoms with Gasteiger partial charge in [-0.2, -0.15) is 0 Å². The molecule has 2 unspecified atom stereocenters. The average molecular weight is 351 g/mol. The molecule has 3 heteroatoms. The predicted molar refractivity (Wildman–Crippen MR) is 106 cm³/mol. The molecule has 2 aromatic rings. The van der Waals surface area contributed by atoms with Crippen molar-refractivity contribution in [3.63, 3.8) is 0 Å². The van der Waals surface area contributed by atoms with Gasteiger partial charge in [-0.25, -0.2) is 0 Å². The van der Waals surface area contributed by atoms with E-state index in [1.54, 1.807) is 0 Å². The third kappa shape index (κ3) is 3.68. The largest absolute Gasteiger partial charge is 0.396 e. The summed E-state index contributed by atoms with van der Waals surface area (Å²) < 4.78 is 0. The molecule has 0 radical (unpaired) electrons. The zero-order valence-corrected chi connectivity index (χ0v) is 15.8. The standard InChI is InChI=1S/C23H29NO2/c1-3-7-16-11-12-18(15-17(16)8-4-2)19(13-14-25)22-20-9-5-6-10-21(20)23(26)24-22/h5-6,9-12,15,19,22,25H,3-4,7-8,13-14H2,1-2H3,(H,24,26). The molecule has 2 atom stereocenters. The molecule has 0 aromatic heterocycles. The normalized spacial score (nSPS) is 17.0. The summed E-state index contributed by atoms with van der Waals surface area (Å²) in [6, 6.07) is 14.5. The Morgan fingerprint density at radius 1 is 1.04 bits per heavy atom. The highest BCUT2D eigenvalue weighted by atomic mass is 16.3. The molecule has 0 fully saturated rings. The molecule has 26 heavy (non-hydrogen) atoms. The summed E-state index contributed by atoms with van der Waals surface area (Å²) in [5, 5.41) is 12.8. The molecule has 1 amide bonds. The Morgan fingerprint density at radius 2 is 1.77 bits per heavy atom. The first-order valence-corrected chi connectivity index (χ1v) is 9.81. The number of aliphatic hydroxyl groups excluding tert-OH is 1. The van der Waals surface area contributed by atoms with Crippen molar-refractivity contribution in [2.75, 3.05) is 6.61 Å². The van der Waals surface area contributed by atoms with Crippen LogP contribution in [0.4, 0.5) is 0 Å². The zero-order valence-electron chi connectivity index (χ0n) is 15.8. The van der Waals surface area contributed by atoms with Crippen molar-refractivity contribution in [2.24, 2.45) is 0 Å². The smallest absolute Gasteiger partial charge is 0.252 e. The maximum Gasteiger partial charge on any atom is 0.252 e. The third-order valence-electron chi connectivity index (χ3n) is 5.37. The Balaban J connectivity index is 1.98. The number of aryl methyl sites for hydroxylation is 2. The molecule has 1 heterocycles. The van der Waals surface area contributed by atoms with Gasteiger partial charge >= 0.3 is 0 Å². The van der Waals surface area contributed by atoms with E-state index in [2.05, 4.69) is 37.4 Å². The second-order valence-electron chi connectivity index (χ2n) is 7.19. The first kappa shape index (κ1) is 18.7. The minimum absolute atomic E-state index is 0.00933. The molecule has 0 spiro atoms. The van der Waals surface area contributed by atoms with Crippen LogP contribution >= 0.6 is 0 Å². The molecule has 2 N–H and O–H groups in total. The van der Waals surface area contributed by atoms with E-state index in [-0.39, 0.29) is 24.5 Å². The van der Waals surface area contributed by atoms with Crippen molar-refractivity contribution < 1.29 is 9.90 Å². The van der Waals surface area contributed by atoms with Crippen molar-refractivity contribution in [1.82, 2.24) is 5.32 Å². The van der Waals surface area contributed by atoms with E-state index < -0.39 is 0 Å². The number of hydrogen-bond acceptors (Lipinski definition) is 2. The lowest BCUT2D eigenvalue weighted by Gasteiger charge is -2.25. The number of amides is 1. The number of rotatable bonds is 8. The number of benzene rings is 2. The van der Waals surface area contributed by atoms with Gasteiger partial charge in [-0.3, -0.25) is 4.79 Å². The summed E-state index contributed by atoms with van der Waals surface area (Å²) >= 11 is 0. The molecule has 1 aliphatic heterocycles. The van der Waals surface area contributed by atoms with Crippen LogP contribution < -0.4 is 5.32 Å². The summed E-state index contributed by atoms with van der Waals surface area (Å²) in [7, 11) is 0. The first-order valence-electron chi connectivity index (χ1n) is 9.81. The van der Waals surface area contributed by atoms with Crippen LogP contribution in [0.25, 0.3) is 0 Å². The molecule has 138 valence electrons. The minimum Gasteiger partial charge on any atom is -0.396 e. The zero-order chi connectivity index (χ0) is 18.5. The van der Waals surface area contributed by atoms with Crippen LogP contribution in [0, 0.1) is 0 Å². The maximum absolute atomic E-state index is 12.4. The van der Waals surface area contributed by atoms with E-state index in [0.717, 1.165) is 36.8 Å². The van der Waals surface area contributed by atoms with E-state index >= 15 is 0 Å². The Bertz CT molecular complexity index is 769. The van der Waals surface area contributed by atoms with Gasteiger partial charge < -0.3 is 10.4 Å². The lowest BCUT2D eigenvalue weighted by molar-refractivity contribution is 0.0949. The van der Waals surface area contributed by atoms with Gasteiger partial charge in [0.1, 0.15) is 0 Å². The lowest BCUT2D eigenvalue weighted by atomic mass is 9.83. The van der Waals surface area contributed by atoms with Crippen molar-refractivity contribution in [2.45, 2.75) is 57.9 Å². The number of hydrogen-bond donors (Lipinski definition) is 2. The summed E-state index contributed by atoms with van der Waals surface area (Å²) in [5.74, 6) is 0.0730. The van der Waals surface area contributed by atoms with E-state index in [0.29, 0.717) is 6.42 Å². The lowest BCUT2D eigenvalue weighted by Crippen LogP contribution is -2.25. The van der Waals surface area contributed by atoms with Crippen LogP contribution in [-0.4, -0.2) is 17.6 Å². The Kier molecular flexibility index (Phi) is 6.10. The Hall–Kier alpha value is -2.13. The number of carbonyl (C=O) groups is 1. The predicted octanol–water partition coefficient (Wildman–Crippen LogP) is 4.54. The molecule has 1 aliphatic rings. The van der Waals surface area contributed by atoms with Gasteiger partial charge in [0.15, 0.2) is 0 Å². The maximum atomic E-state index is 12.4. The van der Waals surface area contributed by atoms with Crippen molar-refractivity contribution in [1.29, 1.82) is 0 Å². The summed E-state index contributed by atoms with van der Waals surface area (Å²) in [4.78, 5) is 12.4. The third-order valence-corrected chi connectivity index (χ3v) is 5.37. The SMILES string of the molecule is CCCc1ccc(C(CCO)C2NC(=O)c3ccccc32)cc1CCC. The topological polar surface area (TPSA) is 49.3 Å². The van der Waals surface area contributed by atoms with Crippen molar-refractivity contribution in [3.8, 4) is 0 Å². The second-order valence-corrected chi connectivity index (χ2v) is 7.19. The quantitative estimate of drug-likeness (QED) is 0.733. The van der Waals surface area contributed by atoms with Gasteiger partial charge in [-0.1, -0.05) is 63.1 Å². The van der Waals surface area contributed by atoms with Crippen LogP contribution in [0.2, 0.25) is 0 Å². The van der Waals surface area contributed by atoms with E-state index in [1.165, 1.54) is 16.7 Å². The van der Waals surface area contributed by atoms with Gasteiger partial charge in [0.05, 0.1) is 6.04 Å². The number of carbonyl (C=O) groups excluding carboxylic acids is 1. The van der Waals surface area contributed by atoms with Crippen LogP contribution in [0.1, 0.15) is 77.7 Å². The summed E-state index contributed by atoms with van der Waals surface area (Å²) in [6.07, 6.45) is 5.07. The summed E-state index contributed by atoms with van der Waals surface area (Å²) in [5.41, 5.74) is 5.86. The fraction of sp³-hybridized carbons (Fsp3) is 0.435. The molecular formula is C23H29NO2. The van der Waals surface area contributed by atoms with E-state index in [1.807, 2.05) is 24.3 Å². The number of nitrogens with one attached hydrogen (secondary N) is 1. The Morgan fingerprint density at radius 3 is 2.50 bits per heavy atom. The molecule has 0 bridgehead atoms. The number of fused-ring (bicyclic) bond motifs is 1. The fourth-order valence-corrected chi connectivity index (χ4v) is 4.15. The summed E-state index contributed by atoms with van der Waals surface area (Å²) in [6.45, 7) is 4.53. The average Bonchev–Trinajstić information content (AvgIpc) is 2.99. The van der Waals surface area contributed by atoms with Gasteiger partial charge in [0.2, 0.25) is 0 Å². The van der Waals surface area contributed by atoms with Gasteiger partial charge in [-0.15, -0.1) is 0 Å². The Labute approximate surface area is 156 Å². The van der Waals surface area contributed by atoms with Crippen molar-refractivity contribution >= 4 is 5.91 Å². The van der Waals surface area contributed by atoms with Crippen LogP contribution in [0.3, 0.4) is 0 Å². The molecule has 0 saturated carbocycles. The fourth-order valence-electron chi connectivity index (χ4n) is 4.15. The highest BCUT2D eigenvalue weighted by molar-refractivity contribution is 5.99. The van der Waals surface area contributed by atoms with E-state index in [4.69, 9.17) is 0 Å². The van der Waals surface area contributed by atoms with Gasteiger partial charge in [0, 0.05) is 18.1 Å². The molecule has 0 aliphatic carbocycles. The monoisotopic (exact) mass is 351 g/mol. The highest BCUT2D eigenvalue weighted by Gasteiger charge is 2.34. The number of aliphatic hydroxyl groups is 1. The van der Waals surface area contributed by atoms with Crippen molar-refractivity contribution in [3.05, 3.63) is 70.3 Å². The van der Waals surface area contributed by atoms with Gasteiger partial charge in [-0.05, 0) is 47.6 Å². The molecule has 3 nitrogen and oxygen atoms in total. The molecule has 2 aromatic carbocycles. The second kappa shape index (κ2) is 8.50. The van der Waals surface area contributed by atoms with Gasteiger partial charge in [0.25, 0.3) is 5.91 Å². The van der Waals surface area contributed by atoms with Crippen LogP contribution in [-0.2, 0) is 12.8 Å². The van der Waals surface area contributed by atoms with Crippen LogP contribution in [0.5, 0.6) is 0 Å². The molecular weight excluding hydrogens is 322 g/mol. The minimum atomic E-state index is -0.0719. The first-order chi connectivity index (χ1) is 12.7. The van der Waals surface area contributed by atoms with Crippen LogP contribution in [0.15, 0.2) is 42.5 Å². The molecule has 0 saturated heterocycles. The highest BCUT2D eigenvalue weighted by Crippen LogP contribution is 2.39. The molecule has 3 rings (SSSR count). The van der Waals surface area contributed by atoms with E-state index in [9.17, 15) is 9.90 Å².